The van der Waals surface area contributed by atoms with Crippen LogP contribution >= 0.6 is 0 Å². The zero-order chi connectivity index (χ0) is 12.8. The van der Waals surface area contributed by atoms with Gasteiger partial charge in [0, 0.05) is 12.0 Å². The van der Waals surface area contributed by atoms with Crippen LogP contribution in [0.1, 0.15) is 24.0 Å². The third kappa shape index (κ3) is 2.31. The van der Waals surface area contributed by atoms with E-state index < -0.39 is 28.8 Å². The molecule has 94 valence electrons. The molecule has 1 aliphatic rings. The van der Waals surface area contributed by atoms with Crippen LogP contribution in [0.5, 0.6) is 11.5 Å². The Bertz CT molecular complexity index is 450. The van der Waals surface area contributed by atoms with Crippen LogP contribution in [0.25, 0.3) is 0 Å². The van der Waals surface area contributed by atoms with Gasteiger partial charge in [0.05, 0.1) is 5.60 Å². The van der Waals surface area contributed by atoms with E-state index in [9.17, 15) is 28.5 Å². The number of benzene rings is 1. The Labute approximate surface area is 95.1 Å². The molecule has 0 atom stereocenters. The predicted octanol–water partition coefficient (Wildman–Crippen LogP) is 2.18. The molecule has 0 amide bonds. The third-order valence-corrected chi connectivity index (χ3v) is 2.89. The van der Waals surface area contributed by atoms with Crippen molar-refractivity contribution in [1.82, 2.24) is 0 Å². The molecule has 1 fully saturated rings. The molecule has 3 nitrogen and oxygen atoms in total. The summed E-state index contributed by atoms with van der Waals surface area (Å²) in [6, 6.07) is 1.78. The number of aromatic hydroxyl groups is 2. The summed E-state index contributed by atoms with van der Waals surface area (Å²) in [6.07, 6.45) is -3.57. The summed E-state index contributed by atoms with van der Waals surface area (Å²) in [7, 11) is 0. The number of hydrogen-bond acceptors (Lipinski definition) is 3. The van der Waals surface area contributed by atoms with Gasteiger partial charge >= 0.3 is 6.18 Å². The zero-order valence-corrected chi connectivity index (χ0v) is 8.75. The smallest absolute Gasteiger partial charge is 0.420 e. The van der Waals surface area contributed by atoms with Crippen molar-refractivity contribution in [1.29, 1.82) is 0 Å². The Kier molecular flexibility index (Phi) is 2.50. The predicted molar refractivity (Wildman–Crippen MR) is 52.7 cm³/mol. The molecule has 0 aromatic heterocycles. The lowest BCUT2D eigenvalue weighted by Crippen LogP contribution is -2.12. The fourth-order valence-electron chi connectivity index (χ4n) is 1.67. The maximum atomic E-state index is 12.4. The van der Waals surface area contributed by atoms with Crippen LogP contribution in [0.4, 0.5) is 13.2 Å². The lowest BCUT2D eigenvalue weighted by atomic mass is 10.0. The van der Waals surface area contributed by atoms with E-state index in [2.05, 4.69) is 0 Å². The lowest BCUT2D eigenvalue weighted by molar-refractivity contribution is -0.138. The van der Waals surface area contributed by atoms with Gasteiger partial charge < -0.3 is 15.3 Å². The van der Waals surface area contributed by atoms with Gasteiger partial charge in [0.2, 0.25) is 0 Å². The van der Waals surface area contributed by atoms with Crippen LogP contribution < -0.4 is 0 Å². The van der Waals surface area contributed by atoms with Crippen molar-refractivity contribution in [2.24, 2.45) is 0 Å². The van der Waals surface area contributed by atoms with Gasteiger partial charge in [-0.15, -0.1) is 0 Å². The molecule has 0 aliphatic heterocycles. The average molecular weight is 248 g/mol. The molecule has 1 aromatic rings. The van der Waals surface area contributed by atoms with E-state index in [-0.39, 0.29) is 12.0 Å². The highest BCUT2D eigenvalue weighted by atomic mass is 19.4. The molecule has 0 radical (unpaired) electrons. The van der Waals surface area contributed by atoms with E-state index >= 15 is 0 Å². The van der Waals surface area contributed by atoms with Gasteiger partial charge in [-0.1, -0.05) is 6.07 Å². The first kappa shape index (κ1) is 12.0. The molecule has 17 heavy (non-hydrogen) atoms. The molecule has 0 unspecified atom stereocenters. The highest BCUT2D eigenvalue weighted by molar-refractivity contribution is 5.51. The molecular formula is C11H11F3O3. The van der Waals surface area contributed by atoms with Crippen LogP contribution in [-0.2, 0) is 12.6 Å². The maximum Gasteiger partial charge on any atom is 0.420 e. The number of halogens is 3. The first-order valence-corrected chi connectivity index (χ1v) is 5.06. The van der Waals surface area contributed by atoms with Crippen LogP contribution in [0.3, 0.4) is 0 Å². The highest BCUT2D eigenvalue weighted by Gasteiger charge is 2.42. The molecule has 1 aliphatic carbocycles. The molecule has 0 saturated heterocycles. The molecule has 3 N–H and O–H groups in total. The molecule has 0 heterocycles. The molecular weight excluding hydrogens is 237 g/mol. The average Bonchev–Trinajstić information content (AvgIpc) is 2.90. The summed E-state index contributed by atoms with van der Waals surface area (Å²) < 4.78 is 37.2. The largest absolute Gasteiger partial charge is 0.504 e. The standard InChI is InChI=1S/C11H11F3O3/c12-11(13,14)7-2-1-6(8(15)9(7)16)5-10(17)3-4-10/h1-2,15-17H,3-5H2. The second kappa shape index (κ2) is 3.53. The highest BCUT2D eigenvalue weighted by Crippen LogP contribution is 2.45. The Morgan fingerprint density at radius 2 is 1.71 bits per heavy atom. The normalized spacial score (nSPS) is 18.1. The minimum Gasteiger partial charge on any atom is -0.504 e. The topological polar surface area (TPSA) is 60.7 Å². The van der Waals surface area contributed by atoms with E-state index in [0.717, 1.165) is 6.07 Å². The quantitative estimate of drug-likeness (QED) is 0.703. The van der Waals surface area contributed by atoms with Crippen molar-refractivity contribution in [3.8, 4) is 11.5 Å². The van der Waals surface area contributed by atoms with Gasteiger partial charge in [0.1, 0.15) is 5.56 Å². The molecule has 0 spiro atoms. The van der Waals surface area contributed by atoms with Crippen molar-refractivity contribution >= 4 is 0 Å². The monoisotopic (exact) mass is 248 g/mol. The number of rotatable bonds is 2. The molecule has 6 heteroatoms. The van der Waals surface area contributed by atoms with Gasteiger partial charge in [-0.2, -0.15) is 13.2 Å². The number of phenolic OH excluding ortho intramolecular Hbond substituents is 2. The van der Waals surface area contributed by atoms with Crippen LogP contribution in [0.15, 0.2) is 12.1 Å². The fourth-order valence-corrected chi connectivity index (χ4v) is 1.67. The number of hydrogen-bond donors (Lipinski definition) is 3. The Hall–Kier alpha value is -1.43. The van der Waals surface area contributed by atoms with Crippen LogP contribution in [-0.4, -0.2) is 20.9 Å². The Balaban J connectivity index is 2.35. The van der Waals surface area contributed by atoms with E-state index in [1.807, 2.05) is 0 Å². The van der Waals surface area contributed by atoms with Crippen LogP contribution in [0.2, 0.25) is 0 Å². The van der Waals surface area contributed by atoms with Crippen molar-refractivity contribution in [3.63, 3.8) is 0 Å². The lowest BCUT2D eigenvalue weighted by Gasteiger charge is -2.14. The van der Waals surface area contributed by atoms with Gasteiger partial charge in [0.15, 0.2) is 11.5 Å². The van der Waals surface area contributed by atoms with Gasteiger partial charge in [-0.3, -0.25) is 0 Å². The van der Waals surface area contributed by atoms with Gasteiger partial charge in [-0.05, 0) is 18.9 Å². The van der Waals surface area contributed by atoms with Gasteiger partial charge in [0.25, 0.3) is 0 Å². The third-order valence-electron chi connectivity index (χ3n) is 2.89. The van der Waals surface area contributed by atoms with Gasteiger partial charge in [-0.25, -0.2) is 0 Å². The maximum absolute atomic E-state index is 12.4. The summed E-state index contributed by atoms with van der Waals surface area (Å²) >= 11 is 0. The Morgan fingerprint density at radius 3 is 2.18 bits per heavy atom. The first-order chi connectivity index (χ1) is 7.73. The van der Waals surface area contributed by atoms with Crippen molar-refractivity contribution in [3.05, 3.63) is 23.3 Å². The fraction of sp³-hybridized carbons (Fsp3) is 0.455. The van der Waals surface area contributed by atoms with Crippen molar-refractivity contribution in [2.75, 3.05) is 0 Å². The molecule has 2 rings (SSSR count). The van der Waals surface area contributed by atoms with Crippen LogP contribution in [0, 0.1) is 0 Å². The second-order valence-electron chi connectivity index (χ2n) is 4.37. The molecule has 0 bridgehead atoms. The minimum absolute atomic E-state index is 0.0462. The Morgan fingerprint density at radius 1 is 1.12 bits per heavy atom. The number of phenols is 2. The second-order valence-corrected chi connectivity index (χ2v) is 4.37. The van der Waals surface area contributed by atoms with Crippen molar-refractivity contribution < 1.29 is 28.5 Å². The summed E-state index contributed by atoms with van der Waals surface area (Å²) in [6.45, 7) is 0. The SMILES string of the molecule is Oc1c(CC2(O)CC2)ccc(C(F)(F)F)c1O. The van der Waals surface area contributed by atoms with E-state index in [4.69, 9.17) is 0 Å². The number of aliphatic hydroxyl groups is 1. The minimum atomic E-state index is -4.71. The summed E-state index contributed by atoms with van der Waals surface area (Å²) in [5, 5.41) is 28.4. The van der Waals surface area contributed by atoms with Crippen molar-refractivity contribution in [2.45, 2.75) is 31.0 Å². The van der Waals surface area contributed by atoms with E-state index in [1.165, 1.54) is 0 Å². The zero-order valence-electron chi connectivity index (χ0n) is 8.75. The van der Waals surface area contributed by atoms with E-state index in [1.54, 1.807) is 0 Å². The summed E-state index contributed by atoms with van der Waals surface area (Å²) in [4.78, 5) is 0. The summed E-state index contributed by atoms with van der Waals surface area (Å²) in [5.41, 5.74) is -2.10. The first-order valence-electron chi connectivity index (χ1n) is 5.06. The number of alkyl halides is 3. The molecule has 1 saturated carbocycles. The summed E-state index contributed by atoms with van der Waals surface area (Å²) in [5.74, 6) is -1.99. The van der Waals surface area contributed by atoms with E-state index in [0.29, 0.717) is 18.9 Å². The molecule has 1 aromatic carbocycles.